The largest absolute Gasteiger partial charge is 0.334 e. The molecule has 0 saturated carbocycles. The summed E-state index contributed by atoms with van der Waals surface area (Å²) in [6, 6.07) is 18.7. The quantitative estimate of drug-likeness (QED) is 0.672. The van der Waals surface area contributed by atoms with Gasteiger partial charge in [-0.25, -0.2) is 0 Å². The number of pyridine rings is 2. The summed E-state index contributed by atoms with van der Waals surface area (Å²) >= 11 is 0. The zero-order valence-corrected chi connectivity index (χ0v) is 16.2. The Morgan fingerprint density at radius 2 is 1.93 bits per heavy atom. The minimum absolute atomic E-state index is 0.0714. The second-order valence-corrected chi connectivity index (χ2v) is 7.50. The highest BCUT2D eigenvalue weighted by molar-refractivity contribution is 5.79. The van der Waals surface area contributed by atoms with E-state index in [1.54, 1.807) is 12.4 Å². The van der Waals surface area contributed by atoms with E-state index in [2.05, 4.69) is 54.4 Å². The van der Waals surface area contributed by atoms with Crippen LogP contribution >= 0.6 is 0 Å². The molecule has 4 nitrogen and oxygen atoms in total. The van der Waals surface area contributed by atoms with Gasteiger partial charge in [-0.15, -0.1) is 0 Å². The first-order valence-corrected chi connectivity index (χ1v) is 9.89. The summed E-state index contributed by atoms with van der Waals surface area (Å²) in [6.45, 7) is 2.90. The van der Waals surface area contributed by atoms with E-state index in [1.807, 2.05) is 17.0 Å². The first-order valence-electron chi connectivity index (χ1n) is 9.89. The molecule has 0 N–H and O–H groups in total. The zero-order valence-electron chi connectivity index (χ0n) is 16.2. The highest BCUT2D eigenvalue weighted by Crippen LogP contribution is 2.31. The molecule has 0 aliphatic carbocycles. The van der Waals surface area contributed by atoms with Crippen molar-refractivity contribution in [2.75, 3.05) is 6.54 Å². The van der Waals surface area contributed by atoms with Gasteiger partial charge in [0.05, 0.1) is 18.2 Å². The van der Waals surface area contributed by atoms with Gasteiger partial charge >= 0.3 is 0 Å². The van der Waals surface area contributed by atoms with Crippen LogP contribution in [0.3, 0.4) is 0 Å². The van der Waals surface area contributed by atoms with Gasteiger partial charge in [0.25, 0.3) is 0 Å². The Kier molecular flexibility index (Phi) is 5.47. The Morgan fingerprint density at radius 3 is 2.71 bits per heavy atom. The van der Waals surface area contributed by atoms with Crippen LogP contribution < -0.4 is 0 Å². The van der Waals surface area contributed by atoms with E-state index in [0.29, 0.717) is 6.42 Å². The van der Waals surface area contributed by atoms with Gasteiger partial charge < -0.3 is 4.90 Å². The van der Waals surface area contributed by atoms with Gasteiger partial charge in [0.1, 0.15) is 0 Å². The summed E-state index contributed by atoms with van der Waals surface area (Å²) in [7, 11) is 0. The molecule has 0 radical (unpaired) electrons. The fraction of sp³-hybridized carbons (Fsp3) is 0.292. The molecule has 1 aliphatic rings. The van der Waals surface area contributed by atoms with E-state index in [0.717, 1.165) is 42.8 Å². The summed E-state index contributed by atoms with van der Waals surface area (Å²) in [4.78, 5) is 23.9. The Bertz CT molecular complexity index is 938. The summed E-state index contributed by atoms with van der Waals surface area (Å²) < 4.78 is 0. The molecule has 1 atom stereocenters. The van der Waals surface area contributed by atoms with Crippen LogP contribution in [0.5, 0.6) is 0 Å². The topological polar surface area (TPSA) is 46.1 Å². The van der Waals surface area contributed by atoms with E-state index < -0.39 is 0 Å². The number of benzene rings is 1. The molecule has 1 saturated heterocycles. The molecule has 2 aromatic heterocycles. The van der Waals surface area contributed by atoms with Crippen LogP contribution in [0.1, 0.15) is 47.0 Å². The second kappa shape index (κ2) is 8.34. The van der Waals surface area contributed by atoms with Gasteiger partial charge in [0, 0.05) is 31.1 Å². The van der Waals surface area contributed by atoms with Crippen LogP contribution in [0.2, 0.25) is 0 Å². The average molecular weight is 371 g/mol. The van der Waals surface area contributed by atoms with Crippen molar-refractivity contribution < 1.29 is 4.79 Å². The van der Waals surface area contributed by atoms with Crippen molar-refractivity contribution in [2.45, 2.75) is 38.6 Å². The number of likely N-dealkylation sites (tertiary alicyclic amines) is 1. The number of hydrogen-bond acceptors (Lipinski definition) is 3. The molecule has 3 aromatic rings. The Morgan fingerprint density at radius 1 is 1.07 bits per heavy atom. The fourth-order valence-corrected chi connectivity index (χ4v) is 3.85. The van der Waals surface area contributed by atoms with Crippen molar-refractivity contribution in [3.63, 3.8) is 0 Å². The van der Waals surface area contributed by atoms with Crippen molar-refractivity contribution in [2.24, 2.45) is 0 Å². The van der Waals surface area contributed by atoms with Gasteiger partial charge in [0.2, 0.25) is 5.91 Å². The molecular formula is C24H25N3O. The summed E-state index contributed by atoms with van der Waals surface area (Å²) in [5.74, 6) is 0.154. The predicted octanol–water partition coefficient (Wildman–Crippen LogP) is 4.28. The lowest BCUT2D eigenvalue weighted by Gasteiger charge is -2.25. The molecule has 1 fully saturated rings. The smallest absolute Gasteiger partial charge is 0.227 e. The Balaban J connectivity index is 1.49. The molecule has 0 spiro atoms. The van der Waals surface area contributed by atoms with Crippen LogP contribution in [0.15, 0.2) is 67.0 Å². The highest BCUT2D eigenvalue weighted by atomic mass is 16.2. The summed E-state index contributed by atoms with van der Waals surface area (Å²) in [6.07, 6.45) is 6.70. The molecule has 1 unspecified atom stereocenters. The summed E-state index contributed by atoms with van der Waals surface area (Å²) in [5.41, 5.74) is 5.53. The standard InChI is InChI=1S/C24H25N3O/c1-18-9-11-19(12-10-18)15-21-6-2-7-22(26-21)23-8-4-14-27(23)24(28)16-20-5-3-13-25-17-20/h2-3,5-7,9-13,17,23H,4,8,14-16H2,1H3. The second-order valence-electron chi connectivity index (χ2n) is 7.50. The zero-order chi connectivity index (χ0) is 19.3. The molecule has 28 heavy (non-hydrogen) atoms. The van der Waals surface area contributed by atoms with Crippen molar-refractivity contribution in [1.82, 2.24) is 14.9 Å². The SMILES string of the molecule is Cc1ccc(Cc2cccc(C3CCCN3C(=O)Cc3cccnc3)n2)cc1. The first-order chi connectivity index (χ1) is 13.7. The lowest BCUT2D eigenvalue weighted by Crippen LogP contribution is -2.32. The van der Waals surface area contributed by atoms with E-state index in [-0.39, 0.29) is 11.9 Å². The number of carbonyl (C=O) groups is 1. The number of rotatable bonds is 5. The maximum Gasteiger partial charge on any atom is 0.227 e. The number of nitrogens with zero attached hydrogens (tertiary/aromatic N) is 3. The van der Waals surface area contributed by atoms with E-state index in [4.69, 9.17) is 4.98 Å². The molecular weight excluding hydrogens is 346 g/mol. The summed E-state index contributed by atoms with van der Waals surface area (Å²) in [5, 5.41) is 0. The molecule has 4 heteroatoms. The van der Waals surface area contributed by atoms with Crippen molar-refractivity contribution in [3.05, 3.63) is 95.1 Å². The molecule has 1 aliphatic heterocycles. The van der Waals surface area contributed by atoms with E-state index >= 15 is 0 Å². The lowest BCUT2D eigenvalue weighted by atomic mass is 10.1. The van der Waals surface area contributed by atoms with Gasteiger partial charge in [-0.05, 0) is 49.1 Å². The molecule has 4 rings (SSSR count). The third kappa shape index (κ3) is 4.28. The highest BCUT2D eigenvalue weighted by Gasteiger charge is 2.30. The number of hydrogen-bond donors (Lipinski definition) is 0. The molecule has 142 valence electrons. The van der Waals surface area contributed by atoms with Crippen LogP contribution in [-0.2, 0) is 17.6 Å². The van der Waals surface area contributed by atoms with Crippen LogP contribution in [-0.4, -0.2) is 27.3 Å². The maximum absolute atomic E-state index is 12.9. The third-order valence-electron chi connectivity index (χ3n) is 5.33. The van der Waals surface area contributed by atoms with Gasteiger partial charge in [-0.2, -0.15) is 0 Å². The third-order valence-corrected chi connectivity index (χ3v) is 5.33. The number of aryl methyl sites for hydroxylation is 1. The minimum Gasteiger partial charge on any atom is -0.334 e. The van der Waals surface area contributed by atoms with Crippen LogP contribution in [0.4, 0.5) is 0 Å². The van der Waals surface area contributed by atoms with Crippen LogP contribution in [0, 0.1) is 6.92 Å². The van der Waals surface area contributed by atoms with Crippen LogP contribution in [0.25, 0.3) is 0 Å². The van der Waals surface area contributed by atoms with Gasteiger partial charge in [-0.3, -0.25) is 14.8 Å². The van der Waals surface area contributed by atoms with Gasteiger partial charge in [-0.1, -0.05) is 42.0 Å². The monoisotopic (exact) mass is 371 g/mol. The minimum atomic E-state index is 0.0714. The molecule has 3 heterocycles. The lowest BCUT2D eigenvalue weighted by molar-refractivity contribution is -0.131. The fourth-order valence-electron chi connectivity index (χ4n) is 3.85. The number of amides is 1. The normalized spacial score (nSPS) is 16.3. The maximum atomic E-state index is 12.9. The van der Waals surface area contributed by atoms with E-state index in [1.165, 1.54) is 11.1 Å². The average Bonchev–Trinajstić information content (AvgIpc) is 3.21. The molecule has 1 aromatic carbocycles. The van der Waals surface area contributed by atoms with Crippen molar-refractivity contribution in [3.8, 4) is 0 Å². The molecule has 1 amide bonds. The Hall–Kier alpha value is -3.01. The van der Waals surface area contributed by atoms with Crippen molar-refractivity contribution >= 4 is 5.91 Å². The van der Waals surface area contributed by atoms with E-state index in [9.17, 15) is 4.79 Å². The predicted molar refractivity (Wildman–Crippen MR) is 110 cm³/mol. The number of carbonyl (C=O) groups excluding carboxylic acids is 1. The number of aromatic nitrogens is 2. The first kappa shape index (κ1) is 18.4. The van der Waals surface area contributed by atoms with Crippen molar-refractivity contribution in [1.29, 1.82) is 0 Å². The molecule has 0 bridgehead atoms. The van der Waals surface area contributed by atoms with Gasteiger partial charge in [0.15, 0.2) is 0 Å². The Labute approximate surface area is 166 Å².